The number of hydrogen-bond acceptors (Lipinski definition) is 7. The van der Waals surface area contributed by atoms with Crippen molar-refractivity contribution in [1.29, 1.82) is 0 Å². The second kappa shape index (κ2) is 14.7. The molecule has 5 N–H and O–H groups in total. The molecule has 0 saturated carbocycles. The van der Waals surface area contributed by atoms with Gasteiger partial charge in [0.15, 0.2) is 0 Å². The SMILES string of the molecule is CN1CCN(CCC(=O)Nc2ccc(Cl)c(C(F)(F)F)c2)CC1.O=C(O)C(=O)O.O=C(O)C(=O)O. The highest BCUT2D eigenvalue weighted by molar-refractivity contribution is 6.31. The molecule has 1 amide bonds. The molecule has 0 spiro atoms. The van der Waals surface area contributed by atoms with Crippen LogP contribution >= 0.6 is 11.6 Å². The van der Waals surface area contributed by atoms with Crippen molar-refractivity contribution in [2.75, 3.05) is 45.1 Å². The van der Waals surface area contributed by atoms with Crippen LogP contribution in [0.15, 0.2) is 18.2 Å². The van der Waals surface area contributed by atoms with Crippen LogP contribution in [0.25, 0.3) is 0 Å². The molecule has 0 aromatic heterocycles. The van der Waals surface area contributed by atoms with E-state index in [4.69, 9.17) is 51.2 Å². The number of likely N-dealkylation sites (N-methyl/N-ethyl adjacent to an activating group) is 1. The van der Waals surface area contributed by atoms with E-state index in [9.17, 15) is 18.0 Å². The first-order valence-electron chi connectivity index (χ1n) is 9.54. The summed E-state index contributed by atoms with van der Waals surface area (Å²) >= 11 is 5.55. The minimum atomic E-state index is -4.54. The average molecular weight is 530 g/mol. The second-order valence-electron chi connectivity index (χ2n) is 6.86. The molecule has 196 valence electrons. The third-order valence-electron chi connectivity index (χ3n) is 4.17. The Labute approximate surface area is 201 Å². The van der Waals surface area contributed by atoms with Gasteiger partial charge in [0.05, 0.1) is 10.6 Å². The van der Waals surface area contributed by atoms with Crippen LogP contribution in [0.2, 0.25) is 5.02 Å². The number of amides is 1. The summed E-state index contributed by atoms with van der Waals surface area (Å²) in [5, 5.41) is 31.7. The maximum absolute atomic E-state index is 12.8. The molecule has 2 rings (SSSR count). The molecule has 0 bridgehead atoms. The highest BCUT2D eigenvalue weighted by Crippen LogP contribution is 2.36. The third kappa shape index (κ3) is 13.8. The molecule has 0 aliphatic carbocycles. The van der Waals surface area contributed by atoms with E-state index in [1.165, 1.54) is 6.07 Å². The van der Waals surface area contributed by atoms with E-state index < -0.39 is 35.6 Å². The number of nitrogens with zero attached hydrogens (tertiary/aromatic N) is 2. The van der Waals surface area contributed by atoms with Crippen LogP contribution in [0, 0.1) is 0 Å². The zero-order valence-corrected chi connectivity index (χ0v) is 19.0. The number of halogens is 4. The maximum atomic E-state index is 12.8. The Balaban J connectivity index is 0.000000797. The summed E-state index contributed by atoms with van der Waals surface area (Å²) in [7, 11) is 2.04. The molecule has 35 heavy (non-hydrogen) atoms. The van der Waals surface area contributed by atoms with Gasteiger partial charge in [0.25, 0.3) is 0 Å². The Hall–Kier alpha value is -3.43. The van der Waals surface area contributed by atoms with Crippen LogP contribution in [0.4, 0.5) is 18.9 Å². The Morgan fingerprint density at radius 3 is 1.77 bits per heavy atom. The smallest absolute Gasteiger partial charge is 0.417 e. The fourth-order valence-corrected chi connectivity index (χ4v) is 2.60. The number of carbonyl (C=O) groups excluding carboxylic acids is 1. The number of carbonyl (C=O) groups is 5. The lowest BCUT2D eigenvalue weighted by atomic mass is 10.2. The summed E-state index contributed by atoms with van der Waals surface area (Å²) in [5.74, 6) is -7.60. The van der Waals surface area contributed by atoms with Crippen molar-refractivity contribution in [2.45, 2.75) is 12.6 Å². The quantitative estimate of drug-likeness (QED) is 0.353. The molecule has 12 nitrogen and oxygen atoms in total. The lowest BCUT2D eigenvalue weighted by Gasteiger charge is -2.32. The summed E-state index contributed by atoms with van der Waals surface area (Å²) in [6.45, 7) is 4.28. The predicted octanol–water partition coefficient (Wildman–Crippen LogP) is 1.25. The molecule has 0 unspecified atom stereocenters. The number of nitrogens with one attached hydrogen (secondary N) is 1. The lowest BCUT2D eigenvalue weighted by Crippen LogP contribution is -2.45. The molecule has 16 heteroatoms. The van der Waals surface area contributed by atoms with Gasteiger partial charge >= 0.3 is 30.1 Å². The van der Waals surface area contributed by atoms with Gasteiger partial charge in [-0.25, -0.2) is 19.2 Å². The van der Waals surface area contributed by atoms with Gasteiger partial charge in [0.1, 0.15) is 0 Å². The zero-order chi connectivity index (χ0) is 27.3. The fraction of sp³-hybridized carbons (Fsp3) is 0.421. The normalized spacial score (nSPS) is 13.9. The molecule has 1 aromatic rings. The minimum Gasteiger partial charge on any atom is -0.473 e. The third-order valence-corrected chi connectivity index (χ3v) is 4.50. The molecule has 1 fully saturated rings. The molecular weight excluding hydrogens is 507 g/mol. The largest absolute Gasteiger partial charge is 0.473 e. The summed E-state index contributed by atoms with van der Waals surface area (Å²) in [6, 6.07) is 3.36. The van der Waals surface area contributed by atoms with E-state index in [2.05, 4.69) is 15.1 Å². The average Bonchev–Trinajstić information content (AvgIpc) is 2.74. The molecule has 1 aromatic carbocycles. The van der Waals surface area contributed by atoms with E-state index in [1.807, 2.05) is 7.05 Å². The zero-order valence-electron chi connectivity index (χ0n) is 18.2. The summed E-state index contributed by atoms with van der Waals surface area (Å²) < 4.78 is 38.3. The van der Waals surface area contributed by atoms with Gasteiger partial charge in [0, 0.05) is 44.8 Å². The van der Waals surface area contributed by atoms with Crippen LogP contribution < -0.4 is 5.32 Å². The summed E-state index contributed by atoms with van der Waals surface area (Å²) in [4.78, 5) is 52.7. The standard InChI is InChI=1S/C15H19ClF3N3O.2C2H2O4/c1-21-6-8-22(9-7-21)5-4-14(23)20-11-2-3-13(16)12(10-11)15(17,18)19;2*3-1(4)2(5)6/h2-3,10H,4-9H2,1H3,(H,20,23);2*(H,3,4)(H,5,6). The number of benzene rings is 1. The molecule has 1 aliphatic heterocycles. The van der Waals surface area contributed by atoms with E-state index >= 15 is 0 Å². The number of rotatable bonds is 4. The number of anilines is 1. The molecular formula is C19H23ClF3N3O9. The number of hydrogen-bond donors (Lipinski definition) is 5. The monoisotopic (exact) mass is 529 g/mol. The van der Waals surface area contributed by atoms with Crippen LogP contribution in [0.5, 0.6) is 0 Å². The Morgan fingerprint density at radius 1 is 0.914 bits per heavy atom. The Morgan fingerprint density at radius 2 is 1.37 bits per heavy atom. The highest BCUT2D eigenvalue weighted by atomic mass is 35.5. The van der Waals surface area contributed by atoms with Crippen molar-refractivity contribution in [3.8, 4) is 0 Å². The van der Waals surface area contributed by atoms with Gasteiger partial charge in [-0.1, -0.05) is 11.6 Å². The number of aliphatic carboxylic acids is 4. The topological polar surface area (TPSA) is 185 Å². The van der Waals surface area contributed by atoms with E-state index in [1.54, 1.807) is 0 Å². The van der Waals surface area contributed by atoms with Crippen molar-refractivity contribution in [2.24, 2.45) is 0 Å². The Bertz CT molecular complexity index is 873. The predicted molar refractivity (Wildman–Crippen MR) is 114 cm³/mol. The van der Waals surface area contributed by atoms with Crippen molar-refractivity contribution >= 4 is 47.1 Å². The first kappa shape index (κ1) is 31.6. The van der Waals surface area contributed by atoms with Gasteiger partial charge in [-0.2, -0.15) is 13.2 Å². The van der Waals surface area contributed by atoms with Crippen LogP contribution in [-0.4, -0.2) is 99.8 Å². The lowest BCUT2D eigenvalue weighted by molar-refractivity contribution is -0.159. The van der Waals surface area contributed by atoms with Gasteiger partial charge in [0.2, 0.25) is 5.91 Å². The Kier molecular flexibility index (Phi) is 13.3. The van der Waals surface area contributed by atoms with Gasteiger partial charge in [-0.3, -0.25) is 4.79 Å². The van der Waals surface area contributed by atoms with Crippen molar-refractivity contribution < 1.29 is 57.6 Å². The number of carboxylic acid groups (broad SMARTS) is 4. The van der Waals surface area contributed by atoms with Crippen LogP contribution in [0.3, 0.4) is 0 Å². The molecule has 0 atom stereocenters. The number of carboxylic acids is 4. The number of alkyl halides is 3. The van der Waals surface area contributed by atoms with Crippen molar-refractivity contribution in [1.82, 2.24) is 9.80 Å². The first-order valence-corrected chi connectivity index (χ1v) is 9.92. The van der Waals surface area contributed by atoms with E-state index in [0.29, 0.717) is 6.54 Å². The second-order valence-corrected chi connectivity index (χ2v) is 7.26. The first-order chi connectivity index (χ1) is 16.0. The molecule has 0 radical (unpaired) electrons. The van der Waals surface area contributed by atoms with Gasteiger partial charge in [-0.15, -0.1) is 0 Å². The molecule has 1 heterocycles. The maximum Gasteiger partial charge on any atom is 0.417 e. The van der Waals surface area contributed by atoms with Gasteiger partial charge < -0.3 is 35.5 Å². The summed E-state index contributed by atoms with van der Waals surface area (Å²) in [6.07, 6.45) is -4.30. The summed E-state index contributed by atoms with van der Waals surface area (Å²) in [5.41, 5.74) is -0.846. The van der Waals surface area contributed by atoms with Crippen LogP contribution in [0.1, 0.15) is 12.0 Å². The minimum absolute atomic E-state index is 0.102. The van der Waals surface area contributed by atoms with Gasteiger partial charge in [-0.05, 0) is 25.2 Å². The van der Waals surface area contributed by atoms with Crippen molar-refractivity contribution in [3.63, 3.8) is 0 Å². The van der Waals surface area contributed by atoms with Crippen LogP contribution in [-0.2, 0) is 30.1 Å². The number of piperazine rings is 1. The molecule has 1 saturated heterocycles. The van der Waals surface area contributed by atoms with Crippen molar-refractivity contribution in [3.05, 3.63) is 28.8 Å². The highest BCUT2D eigenvalue weighted by Gasteiger charge is 2.33. The van der Waals surface area contributed by atoms with E-state index in [-0.39, 0.29) is 23.0 Å². The molecule has 1 aliphatic rings. The fourth-order valence-electron chi connectivity index (χ4n) is 2.37. The van der Waals surface area contributed by atoms with E-state index in [0.717, 1.165) is 38.3 Å².